The van der Waals surface area contributed by atoms with Crippen LogP contribution in [-0.2, 0) is 5.41 Å². The molecule has 1 aromatic carbocycles. The number of imidazole rings is 1. The number of thiazole rings is 1. The molecule has 0 amide bonds. The van der Waals surface area contributed by atoms with Crippen molar-refractivity contribution in [1.29, 1.82) is 0 Å². The predicted molar refractivity (Wildman–Crippen MR) is 111 cm³/mol. The van der Waals surface area contributed by atoms with Crippen LogP contribution in [-0.4, -0.2) is 23.6 Å². The molecule has 4 fully saturated rings. The number of hydrogen-bond acceptors (Lipinski definition) is 4. The fourth-order valence-electron chi connectivity index (χ4n) is 6.67. The number of ether oxygens (including phenoxy) is 2. The highest BCUT2D eigenvalue weighted by molar-refractivity contribution is 7.15. The maximum atomic E-state index is 5.64. The van der Waals surface area contributed by atoms with E-state index in [0.717, 1.165) is 45.5 Å². The van der Waals surface area contributed by atoms with Crippen molar-refractivity contribution < 1.29 is 9.47 Å². The van der Waals surface area contributed by atoms with Crippen LogP contribution in [0.4, 0.5) is 0 Å². The van der Waals surface area contributed by atoms with Crippen LogP contribution >= 0.6 is 11.3 Å². The van der Waals surface area contributed by atoms with E-state index in [1.54, 1.807) is 25.6 Å². The molecule has 4 aliphatic carbocycles. The molecule has 0 N–H and O–H groups in total. The van der Waals surface area contributed by atoms with Crippen molar-refractivity contribution in [3.05, 3.63) is 35.5 Å². The van der Waals surface area contributed by atoms with Gasteiger partial charge >= 0.3 is 0 Å². The molecule has 146 valence electrons. The van der Waals surface area contributed by atoms with Crippen LogP contribution in [0.3, 0.4) is 0 Å². The van der Waals surface area contributed by atoms with Gasteiger partial charge in [0.05, 0.1) is 25.6 Å². The Hall–Kier alpha value is -2.01. The quantitative estimate of drug-likeness (QED) is 0.582. The van der Waals surface area contributed by atoms with E-state index < -0.39 is 0 Å². The zero-order chi connectivity index (χ0) is 18.9. The van der Waals surface area contributed by atoms with Crippen molar-refractivity contribution in [2.24, 2.45) is 17.8 Å². The lowest BCUT2D eigenvalue weighted by atomic mass is 9.49. The van der Waals surface area contributed by atoms with Gasteiger partial charge in [-0.15, -0.1) is 11.3 Å². The molecule has 0 saturated heterocycles. The SMILES string of the molecule is COc1ccc(OC)c(-c2csc3nc(C45CC6CC(CC(C6)C4)C5)cn23)c1. The van der Waals surface area contributed by atoms with Gasteiger partial charge in [-0.2, -0.15) is 0 Å². The lowest BCUT2D eigenvalue weighted by Crippen LogP contribution is -2.48. The van der Waals surface area contributed by atoms with Crippen LogP contribution in [0.1, 0.15) is 44.2 Å². The number of aromatic nitrogens is 2. The highest BCUT2D eigenvalue weighted by atomic mass is 32.1. The summed E-state index contributed by atoms with van der Waals surface area (Å²) in [4.78, 5) is 6.24. The zero-order valence-electron chi connectivity index (χ0n) is 16.5. The Balaban J connectivity index is 1.46. The lowest BCUT2D eigenvalue weighted by Gasteiger charge is -2.56. The van der Waals surface area contributed by atoms with Crippen LogP contribution in [0.15, 0.2) is 29.8 Å². The largest absolute Gasteiger partial charge is 0.497 e. The van der Waals surface area contributed by atoms with Crippen molar-refractivity contribution in [1.82, 2.24) is 9.38 Å². The van der Waals surface area contributed by atoms with Crippen LogP contribution in [0.25, 0.3) is 16.2 Å². The van der Waals surface area contributed by atoms with Gasteiger partial charge in [-0.05, 0) is 74.5 Å². The molecule has 5 heteroatoms. The molecule has 2 aromatic heterocycles. The summed E-state index contributed by atoms with van der Waals surface area (Å²) in [7, 11) is 3.43. The fraction of sp³-hybridized carbons (Fsp3) is 0.522. The van der Waals surface area contributed by atoms with E-state index in [1.807, 2.05) is 12.1 Å². The molecule has 0 unspecified atom stereocenters. The van der Waals surface area contributed by atoms with Crippen molar-refractivity contribution in [2.45, 2.75) is 43.9 Å². The second-order valence-corrected chi connectivity index (χ2v) is 10.0. The van der Waals surface area contributed by atoms with Gasteiger partial charge in [0.25, 0.3) is 0 Å². The number of hydrogen-bond donors (Lipinski definition) is 0. The zero-order valence-corrected chi connectivity index (χ0v) is 17.3. The summed E-state index contributed by atoms with van der Waals surface area (Å²) in [6.07, 6.45) is 10.8. The molecule has 4 aliphatic rings. The molecule has 2 heterocycles. The molecule has 0 radical (unpaired) electrons. The van der Waals surface area contributed by atoms with E-state index in [1.165, 1.54) is 44.2 Å². The minimum Gasteiger partial charge on any atom is -0.497 e. The molecule has 0 spiro atoms. The van der Waals surface area contributed by atoms with Crippen molar-refractivity contribution in [3.63, 3.8) is 0 Å². The van der Waals surface area contributed by atoms with E-state index in [9.17, 15) is 0 Å². The maximum absolute atomic E-state index is 5.64. The number of benzene rings is 1. The minimum absolute atomic E-state index is 0.330. The number of fused-ring (bicyclic) bond motifs is 1. The summed E-state index contributed by atoms with van der Waals surface area (Å²) in [5, 5.41) is 2.18. The molecule has 28 heavy (non-hydrogen) atoms. The monoisotopic (exact) mass is 394 g/mol. The third kappa shape index (κ3) is 2.38. The summed E-state index contributed by atoms with van der Waals surface area (Å²) in [6.45, 7) is 0. The first-order chi connectivity index (χ1) is 13.7. The van der Waals surface area contributed by atoms with E-state index >= 15 is 0 Å². The first-order valence-electron chi connectivity index (χ1n) is 10.4. The Morgan fingerprint density at radius 1 is 1.04 bits per heavy atom. The molecule has 4 nitrogen and oxygen atoms in total. The smallest absolute Gasteiger partial charge is 0.194 e. The second kappa shape index (κ2) is 5.99. The van der Waals surface area contributed by atoms with Gasteiger partial charge in [-0.1, -0.05) is 0 Å². The minimum atomic E-state index is 0.330. The van der Waals surface area contributed by atoms with Gasteiger partial charge in [0.1, 0.15) is 11.5 Å². The summed E-state index contributed by atoms with van der Waals surface area (Å²) in [5.74, 6) is 4.51. The molecule has 4 saturated carbocycles. The number of rotatable bonds is 4. The van der Waals surface area contributed by atoms with Gasteiger partial charge in [0.2, 0.25) is 0 Å². The first-order valence-corrected chi connectivity index (χ1v) is 11.2. The van der Waals surface area contributed by atoms with E-state index in [-0.39, 0.29) is 0 Å². The van der Waals surface area contributed by atoms with Crippen LogP contribution < -0.4 is 9.47 Å². The second-order valence-electron chi connectivity index (χ2n) is 9.16. The Morgan fingerprint density at radius 2 is 1.75 bits per heavy atom. The van der Waals surface area contributed by atoms with Crippen LogP contribution in [0.2, 0.25) is 0 Å². The first kappa shape index (κ1) is 16.9. The van der Waals surface area contributed by atoms with Crippen LogP contribution in [0, 0.1) is 17.8 Å². The summed E-state index contributed by atoms with van der Waals surface area (Å²) in [5.41, 5.74) is 3.86. The summed E-state index contributed by atoms with van der Waals surface area (Å²) < 4.78 is 13.4. The topological polar surface area (TPSA) is 35.8 Å². The standard InChI is InChI=1S/C23H26N2O2S/c1-26-17-3-4-20(27-2)18(8-17)19-13-28-22-24-21(12-25(19)22)23-9-14-5-15(10-23)7-16(6-14)11-23/h3-4,8,12-16H,5-7,9-11H2,1-2H3. The third-order valence-electron chi connectivity index (χ3n) is 7.47. The molecule has 0 aliphatic heterocycles. The van der Waals surface area contributed by atoms with Gasteiger partial charge < -0.3 is 9.47 Å². The van der Waals surface area contributed by atoms with Gasteiger partial charge in [0, 0.05) is 22.6 Å². The molecular weight excluding hydrogens is 368 g/mol. The molecule has 4 bridgehead atoms. The Labute approximate surface area is 169 Å². The van der Waals surface area contributed by atoms with Crippen molar-refractivity contribution in [3.8, 4) is 22.8 Å². The van der Waals surface area contributed by atoms with E-state index in [2.05, 4.69) is 22.0 Å². The Bertz CT molecular complexity index is 1010. The van der Waals surface area contributed by atoms with E-state index in [0.29, 0.717) is 5.41 Å². The van der Waals surface area contributed by atoms with Gasteiger partial charge in [0.15, 0.2) is 4.96 Å². The Kier molecular flexibility index (Phi) is 3.62. The highest BCUT2D eigenvalue weighted by Crippen LogP contribution is 2.60. The number of methoxy groups -OCH3 is 2. The van der Waals surface area contributed by atoms with Crippen LogP contribution in [0.5, 0.6) is 11.5 Å². The van der Waals surface area contributed by atoms with Gasteiger partial charge in [-0.3, -0.25) is 4.40 Å². The molecule has 7 rings (SSSR count). The van der Waals surface area contributed by atoms with Gasteiger partial charge in [-0.25, -0.2) is 4.98 Å². The average Bonchev–Trinajstić information content (AvgIpc) is 3.28. The normalized spacial score (nSPS) is 30.9. The predicted octanol–water partition coefficient (Wildman–Crippen LogP) is 5.55. The molecule has 0 atom stereocenters. The number of nitrogens with zero attached hydrogens (tertiary/aromatic N) is 2. The van der Waals surface area contributed by atoms with Crippen molar-refractivity contribution in [2.75, 3.05) is 14.2 Å². The Morgan fingerprint density at radius 3 is 2.39 bits per heavy atom. The summed E-state index contributed by atoms with van der Waals surface area (Å²) in [6, 6.07) is 5.99. The highest BCUT2D eigenvalue weighted by Gasteiger charge is 2.52. The third-order valence-corrected chi connectivity index (χ3v) is 8.31. The summed E-state index contributed by atoms with van der Waals surface area (Å²) >= 11 is 1.72. The van der Waals surface area contributed by atoms with E-state index in [4.69, 9.17) is 14.5 Å². The van der Waals surface area contributed by atoms with Crippen molar-refractivity contribution >= 4 is 16.3 Å². The fourth-order valence-corrected chi connectivity index (χ4v) is 7.54. The molecule has 3 aromatic rings. The maximum Gasteiger partial charge on any atom is 0.194 e. The molecular formula is C23H26N2O2S. The average molecular weight is 395 g/mol. The lowest BCUT2D eigenvalue weighted by molar-refractivity contribution is -0.00696.